The maximum Gasteiger partial charge on any atom is 0.179 e. The quantitative estimate of drug-likeness (QED) is 0.549. The number of anilines is 1. The minimum absolute atomic E-state index is 0.0395. The molecule has 2 aromatic carbocycles. The van der Waals surface area contributed by atoms with Gasteiger partial charge in [0.1, 0.15) is 5.75 Å². The van der Waals surface area contributed by atoms with Crippen LogP contribution in [-0.4, -0.2) is 33.4 Å². The van der Waals surface area contributed by atoms with Crippen molar-refractivity contribution in [3.63, 3.8) is 0 Å². The van der Waals surface area contributed by atoms with Crippen LogP contribution in [0, 0.1) is 5.41 Å². The second-order valence-electron chi connectivity index (χ2n) is 8.99. The van der Waals surface area contributed by atoms with Gasteiger partial charge < -0.3 is 10.0 Å². The van der Waals surface area contributed by atoms with Crippen LogP contribution in [0.5, 0.6) is 5.75 Å². The first kappa shape index (κ1) is 25.3. The van der Waals surface area contributed by atoms with Gasteiger partial charge >= 0.3 is 0 Å². The molecule has 0 unspecified atom stereocenters. The molecule has 0 bridgehead atoms. The Hall–Kier alpha value is -2.01. The molecule has 2 aromatic rings. The summed E-state index contributed by atoms with van der Waals surface area (Å²) in [7, 11) is 0.792. The van der Waals surface area contributed by atoms with E-state index in [4.69, 9.17) is 5.11 Å². The molecule has 0 aliphatic carbocycles. The van der Waals surface area contributed by atoms with Crippen LogP contribution in [0.3, 0.4) is 0 Å². The van der Waals surface area contributed by atoms with E-state index in [1.54, 1.807) is 24.3 Å². The number of sulfone groups is 1. The summed E-state index contributed by atoms with van der Waals surface area (Å²) in [5, 5.41) is 8.63. The van der Waals surface area contributed by atoms with Gasteiger partial charge in [0, 0.05) is 19.8 Å². The summed E-state index contributed by atoms with van der Waals surface area (Å²) < 4.78 is 26.2. The molecule has 0 saturated heterocycles. The number of aryl methyl sites for hydroxylation is 1. The van der Waals surface area contributed by atoms with Crippen LogP contribution in [0.2, 0.25) is 0 Å². The van der Waals surface area contributed by atoms with Crippen LogP contribution in [0.15, 0.2) is 53.4 Å². The number of para-hydroxylation sites is 1. The van der Waals surface area contributed by atoms with E-state index < -0.39 is 9.84 Å². The Balaban J connectivity index is 0.000000412. The molecular formula is C26H39NO3S. The molecule has 0 saturated carbocycles. The molecule has 0 amide bonds. The second-order valence-corrected chi connectivity index (χ2v) is 10.9. The number of phenols is 1. The topological polar surface area (TPSA) is 57.6 Å². The van der Waals surface area contributed by atoms with Crippen LogP contribution in [-0.2, 0) is 16.3 Å². The van der Waals surface area contributed by atoms with E-state index in [2.05, 4.69) is 19.9 Å². The number of rotatable bonds is 7. The van der Waals surface area contributed by atoms with Gasteiger partial charge in [0.2, 0.25) is 0 Å². The molecule has 3 rings (SSSR count). The lowest BCUT2D eigenvalue weighted by molar-refractivity contribution is 0.241. The summed E-state index contributed by atoms with van der Waals surface area (Å²) in [5.41, 5.74) is 2.05. The first-order chi connectivity index (χ1) is 14.7. The lowest BCUT2D eigenvalue weighted by Crippen LogP contribution is -2.29. The summed E-state index contributed by atoms with van der Waals surface area (Å²) in [6.07, 6.45) is 8.46. The van der Waals surface area contributed by atoms with E-state index in [9.17, 15) is 8.42 Å². The van der Waals surface area contributed by atoms with Gasteiger partial charge in [0.05, 0.1) is 10.6 Å². The fraction of sp³-hybridized carbons (Fsp3) is 0.538. The molecule has 0 aromatic heterocycles. The third-order valence-electron chi connectivity index (χ3n) is 6.19. The molecule has 0 fully saturated rings. The lowest BCUT2D eigenvalue weighted by atomic mass is 9.75. The Morgan fingerprint density at radius 1 is 0.968 bits per heavy atom. The molecule has 31 heavy (non-hydrogen) atoms. The number of phenolic OH excluding ortho intramolecular Hbond substituents is 1. The Kier molecular flexibility index (Phi) is 9.42. The van der Waals surface area contributed by atoms with E-state index in [1.807, 2.05) is 37.2 Å². The minimum Gasteiger partial charge on any atom is -0.508 e. The largest absolute Gasteiger partial charge is 0.508 e. The summed E-state index contributed by atoms with van der Waals surface area (Å²) in [4.78, 5) is 2.61. The SMILES string of the molecule is CCCCC1(CCCC)CCc2cc(N(C)C)ccc2S(=O)(=O)C1.Oc1ccccc1. The maximum absolute atomic E-state index is 13.1. The number of unbranched alkanes of at least 4 members (excludes halogenated alkanes) is 2. The summed E-state index contributed by atoms with van der Waals surface area (Å²) in [5.74, 6) is 0.649. The number of nitrogens with zero attached hydrogens (tertiary/aromatic N) is 1. The van der Waals surface area contributed by atoms with Crippen LogP contribution in [0.1, 0.15) is 64.4 Å². The highest BCUT2D eigenvalue weighted by molar-refractivity contribution is 7.91. The molecule has 1 aliphatic heterocycles. The van der Waals surface area contributed by atoms with Crippen molar-refractivity contribution in [1.29, 1.82) is 0 Å². The first-order valence-electron chi connectivity index (χ1n) is 11.5. The average molecular weight is 446 g/mol. The Morgan fingerprint density at radius 2 is 1.58 bits per heavy atom. The summed E-state index contributed by atoms with van der Waals surface area (Å²) in [6.45, 7) is 4.38. The van der Waals surface area contributed by atoms with E-state index >= 15 is 0 Å². The molecule has 1 aliphatic rings. The van der Waals surface area contributed by atoms with Gasteiger partial charge in [0.15, 0.2) is 9.84 Å². The number of benzene rings is 2. The van der Waals surface area contributed by atoms with E-state index in [0.717, 1.165) is 62.6 Å². The number of hydrogen-bond donors (Lipinski definition) is 1. The zero-order valence-corrected chi connectivity index (χ0v) is 20.4. The Bertz CT molecular complexity index is 900. The molecule has 172 valence electrons. The van der Waals surface area contributed by atoms with Gasteiger partial charge in [-0.25, -0.2) is 8.42 Å². The van der Waals surface area contributed by atoms with Gasteiger partial charge in [-0.15, -0.1) is 0 Å². The Labute approximate surface area is 189 Å². The van der Waals surface area contributed by atoms with E-state index in [0.29, 0.717) is 16.4 Å². The number of hydrogen-bond acceptors (Lipinski definition) is 4. The molecular weight excluding hydrogens is 406 g/mol. The van der Waals surface area contributed by atoms with Crippen LogP contribution in [0.4, 0.5) is 5.69 Å². The zero-order valence-electron chi connectivity index (χ0n) is 19.6. The monoisotopic (exact) mass is 445 g/mol. The fourth-order valence-electron chi connectivity index (χ4n) is 4.35. The first-order valence-corrected chi connectivity index (χ1v) is 13.2. The predicted molar refractivity (Wildman–Crippen MR) is 131 cm³/mol. The van der Waals surface area contributed by atoms with Crippen molar-refractivity contribution < 1.29 is 13.5 Å². The standard InChI is InChI=1S/C20H33NO2S.C6H6O/c1-5-7-12-20(13-8-6-2)14-11-17-15-18(21(3)4)9-10-19(17)24(22,23)16-20;7-6-4-2-1-3-5-6/h9-10,15H,5-8,11-14,16H2,1-4H3;1-5,7H. The average Bonchev–Trinajstić information content (AvgIpc) is 2.86. The highest BCUT2D eigenvalue weighted by atomic mass is 32.2. The fourth-order valence-corrected chi connectivity index (χ4v) is 6.58. The molecule has 0 atom stereocenters. The highest BCUT2D eigenvalue weighted by Gasteiger charge is 2.38. The lowest BCUT2D eigenvalue weighted by Gasteiger charge is -2.32. The molecule has 0 spiro atoms. The third kappa shape index (κ3) is 7.27. The zero-order chi connectivity index (χ0) is 22.9. The van der Waals surface area contributed by atoms with Crippen molar-refractivity contribution in [2.24, 2.45) is 5.41 Å². The molecule has 5 heteroatoms. The van der Waals surface area contributed by atoms with E-state index in [-0.39, 0.29) is 5.41 Å². The summed E-state index contributed by atoms with van der Waals surface area (Å²) >= 11 is 0. The van der Waals surface area contributed by atoms with Crippen molar-refractivity contribution in [3.05, 3.63) is 54.1 Å². The van der Waals surface area contributed by atoms with Gasteiger partial charge in [-0.2, -0.15) is 0 Å². The van der Waals surface area contributed by atoms with Gasteiger partial charge in [-0.3, -0.25) is 0 Å². The van der Waals surface area contributed by atoms with Crippen LogP contribution >= 0.6 is 0 Å². The maximum atomic E-state index is 13.1. The van der Waals surface area contributed by atoms with E-state index in [1.165, 1.54) is 0 Å². The van der Waals surface area contributed by atoms with Crippen LogP contribution in [0.25, 0.3) is 0 Å². The molecule has 4 nitrogen and oxygen atoms in total. The molecule has 1 N–H and O–H groups in total. The van der Waals surface area contributed by atoms with Gasteiger partial charge in [-0.05, 0) is 67.0 Å². The Morgan fingerprint density at radius 3 is 2.06 bits per heavy atom. The van der Waals surface area contributed by atoms with Gasteiger partial charge in [-0.1, -0.05) is 57.7 Å². The van der Waals surface area contributed by atoms with Crippen molar-refractivity contribution in [2.45, 2.75) is 70.1 Å². The van der Waals surface area contributed by atoms with Crippen molar-refractivity contribution in [3.8, 4) is 5.75 Å². The van der Waals surface area contributed by atoms with Crippen molar-refractivity contribution in [1.82, 2.24) is 0 Å². The third-order valence-corrected chi connectivity index (χ3v) is 8.25. The van der Waals surface area contributed by atoms with Gasteiger partial charge in [0.25, 0.3) is 0 Å². The number of fused-ring (bicyclic) bond motifs is 1. The predicted octanol–water partition coefficient (Wildman–Crippen LogP) is 6.23. The van der Waals surface area contributed by atoms with Crippen LogP contribution < -0.4 is 4.90 Å². The number of aromatic hydroxyl groups is 1. The highest BCUT2D eigenvalue weighted by Crippen LogP contribution is 2.42. The second kappa shape index (κ2) is 11.6. The summed E-state index contributed by atoms with van der Waals surface area (Å²) in [6, 6.07) is 14.5. The smallest absolute Gasteiger partial charge is 0.179 e. The van der Waals surface area contributed by atoms with Crippen molar-refractivity contribution in [2.75, 3.05) is 24.7 Å². The normalized spacial score (nSPS) is 16.4. The molecule has 0 radical (unpaired) electrons. The minimum atomic E-state index is -3.21. The van der Waals surface area contributed by atoms with Crippen molar-refractivity contribution >= 4 is 15.5 Å². The molecule has 1 heterocycles.